The molecule has 4 heteroatoms. The van der Waals surface area contributed by atoms with Crippen molar-refractivity contribution in [1.29, 1.82) is 0 Å². The van der Waals surface area contributed by atoms with E-state index in [0.717, 1.165) is 29.0 Å². The van der Waals surface area contributed by atoms with Crippen LogP contribution in [0.5, 0.6) is 5.75 Å². The Kier molecular flexibility index (Phi) is 2.73. The van der Waals surface area contributed by atoms with Crippen molar-refractivity contribution in [3.8, 4) is 5.75 Å². The molecule has 0 bridgehead atoms. The van der Waals surface area contributed by atoms with Gasteiger partial charge in [-0.1, -0.05) is 6.07 Å². The van der Waals surface area contributed by atoms with Crippen LogP contribution in [0, 0.1) is 6.92 Å². The van der Waals surface area contributed by atoms with Crippen LogP contribution in [0.3, 0.4) is 0 Å². The molecule has 0 amide bonds. The van der Waals surface area contributed by atoms with Crippen molar-refractivity contribution in [2.75, 3.05) is 12.4 Å². The average Bonchev–Trinajstić information content (AvgIpc) is 2.27. The van der Waals surface area contributed by atoms with Gasteiger partial charge in [-0.15, -0.1) is 0 Å². The second kappa shape index (κ2) is 4.04. The lowest BCUT2D eigenvalue weighted by atomic mass is 9.96. The van der Waals surface area contributed by atoms with Crippen molar-refractivity contribution < 1.29 is 14.6 Å². The third kappa shape index (κ3) is 1.83. The number of methoxy groups -OCH3 is 1. The third-order valence-electron chi connectivity index (χ3n) is 2.87. The second-order valence-corrected chi connectivity index (χ2v) is 4.08. The van der Waals surface area contributed by atoms with Gasteiger partial charge in [-0.2, -0.15) is 0 Å². The fourth-order valence-corrected chi connectivity index (χ4v) is 2.08. The Hall–Kier alpha value is -1.71. The van der Waals surface area contributed by atoms with E-state index in [9.17, 15) is 4.79 Å². The molecule has 1 atom stereocenters. The number of carbonyl (C=O) groups is 1. The minimum atomic E-state index is -0.812. The predicted octanol–water partition coefficient (Wildman–Crippen LogP) is 1.81. The minimum Gasteiger partial charge on any atom is -0.495 e. The van der Waals surface area contributed by atoms with E-state index >= 15 is 0 Å². The van der Waals surface area contributed by atoms with Crippen molar-refractivity contribution in [1.82, 2.24) is 0 Å². The number of fused-ring (bicyclic) bond motifs is 1. The van der Waals surface area contributed by atoms with Crippen LogP contribution in [0.2, 0.25) is 0 Å². The zero-order chi connectivity index (χ0) is 11.7. The average molecular weight is 221 g/mol. The summed E-state index contributed by atoms with van der Waals surface area (Å²) in [5.41, 5.74) is 3.09. The Balaban J connectivity index is 2.39. The molecule has 2 N–H and O–H groups in total. The number of nitrogens with one attached hydrogen (secondary N) is 1. The molecular weight excluding hydrogens is 206 g/mol. The number of rotatable bonds is 2. The molecule has 2 rings (SSSR count). The molecule has 0 saturated carbocycles. The summed E-state index contributed by atoms with van der Waals surface area (Å²) >= 11 is 0. The number of anilines is 1. The van der Waals surface area contributed by atoms with Crippen LogP contribution in [0.15, 0.2) is 12.1 Å². The first kappa shape index (κ1) is 10.8. The van der Waals surface area contributed by atoms with Crippen molar-refractivity contribution in [3.05, 3.63) is 23.3 Å². The normalized spacial score (nSPS) is 18.5. The van der Waals surface area contributed by atoms with E-state index < -0.39 is 12.0 Å². The Labute approximate surface area is 94.2 Å². The fraction of sp³-hybridized carbons (Fsp3) is 0.417. The summed E-state index contributed by atoms with van der Waals surface area (Å²) in [6, 6.07) is 3.48. The van der Waals surface area contributed by atoms with Crippen LogP contribution >= 0.6 is 0 Å². The van der Waals surface area contributed by atoms with E-state index in [4.69, 9.17) is 9.84 Å². The summed E-state index contributed by atoms with van der Waals surface area (Å²) in [4.78, 5) is 10.9. The molecule has 86 valence electrons. The first-order valence-electron chi connectivity index (χ1n) is 5.28. The van der Waals surface area contributed by atoms with Crippen molar-refractivity contribution >= 4 is 11.7 Å². The highest BCUT2D eigenvalue weighted by Crippen LogP contribution is 2.35. The van der Waals surface area contributed by atoms with Crippen LogP contribution in [0.4, 0.5) is 5.69 Å². The number of aryl methyl sites for hydroxylation is 2. The van der Waals surface area contributed by atoms with E-state index in [1.54, 1.807) is 7.11 Å². The third-order valence-corrected chi connectivity index (χ3v) is 2.87. The number of carboxylic acids is 1. The van der Waals surface area contributed by atoms with Crippen molar-refractivity contribution in [2.24, 2.45) is 0 Å². The highest BCUT2D eigenvalue weighted by atomic mass is 16.5. The van der Waals surface area contributed by atoms with Crippen molar-refractivity contribution in [3.63, 3.8) is 0 Å². The summed E-state index contributed by atoms with van der Waals surface area (Å²) < 4.78 is 5.27. The molecule has 16 heavy (non-hydrogen) atoms. The van der Waals surface area contributed by atoms with Gasteiger partial charge in [-0.3, -0.25) is 0 Å². The largest absolute Gasteiger partial charge is 0.495 e. The number of aliphatic carboxylic acids is 1. The van der Waals surface area contributed by atoms with Crippen LogP contribution < -0.4 is 10.1 Å². The van der Waals surface area contributed by atoms with E-state index in [1.165, 1.54) is 0 Å². The lowest BCUT2D eigenvalue weighted by Gasteiger charge is -2.26. The van der Waals surface area contributed by atoms with Gasteiger partial charge in [-0.25, -0.2) is 4.79 Å². The van der Waals surface area contributed by atoms with Crippen LogP contribution in [-0.4, -0.2) is 24.2 Å². The monoisotopic (exact) mass is 221 g/mol. The van der Waals surface area contributed by atoms with Gasteiger partial charge in [0.25, 0.3) is 0 Å². The van der Waals surface area contributed by atoms with E-state index in [-0.39, 0.29) is 0 Å². The van der Waals surface area contributed by atoms with Gasteiger partial charge < -0.3 is 15.2 Å². The van der Waals surface area contributed by atoms with Crippen LogP contribution in [0.1, 0.15) is 17.5 Å². The van der Waals surface area contributed by atoms with Gasteiger partial charge in [0.1, 0.15) is 11.8 Å². The maximum atomic E-state index is 10.9. The summed E-state index contributed by atoms with van der Waals surface area (Å²) in [6.07, 6.45) is 1.40. The highest BCUT2D eigenvalue weighted by Gasteiger charge is 2.25. The fourth-order valence-electron chi connectivity index (χ4n) is 2.08. The maximum Gasteiger partial charge on any atom is 0.326 e. The molecule has 1 heterocycles. The molecule has 0 radical (unpaired) electrons. The SMILES string of the molecule is COc1cc(C)cc2c1NC(C(=O)O)CC2. The van der Waals surface area contributed by atoms with E-state index in [1.807, 2.05) is 13.0 Å². The highest BCUT2D eigenvalue weighted by molar-refractivity contribution is 5.80. The molecule has 0 aromatic heterocycles. The van der Waals surface area contributed by atoms with E-state index in [2.05, 4.69) is 11.4 Å². The zero-order valence-electron chi connectivity index (χ0n) is 9.41. The number of benzene rings is 1. The molecule has 1 aromatic rings. The standard InChI is InChI=1S/C12H15NO3/c1-7-5-8-3-4-9(12(14)15)13-11(8)10(6-7)16-2/h5-6,9,13H,3-4H2,1-2H3,(H,14,15). The first-order valence-corrected chi connectivity index (χ1v) is 5.28. The van der Waals surface area contributed by atoms with Crippen LogP contribution in [0.25, 0.3) is 0 Å². The van der Waals surface area contributed by atoms with Crippen LogP contribution in [-0.2, 0) is 11.2 Å². The Morgan fingerprint density at radius 2 is 2.31 bits per heavy atom. The Morgan fingerprint density at radius 1 is 1.56 bits per heavy atom. The van der Waals surface area contributed by atoms with Crippen molar-refractivity contribution in [2.45, 2.75) is 25.8 Å². The summed E-state index contributed by atoms with van der Waals surface area (Å²) in [7, 11) is 1.60. The van der Waals surface area contributed by atoms with Gasteiger partial charge in [-0.05, 0) is 37.0 Å². The maximum absolute atomic E-state index is 10.9. The lowest BCUT2D eigenvalue weighted by molar-refractivity contribution is -0.138. The molecule has 0 spiro atoms. The molecule has 0 saturated heterocycles. The smallest absolute Gasteiger partial charge is 0.326 e. The first-order chi connectivity index (χ1) is 7.61. The summed E-state index contributed by atoms with van der Waals surface area (Å²) in [5.74, 6) is -0.0887. The molecule has 1 aliphatic heterocycles. The Bertz CT molecular complexity index is 411. The second-order valence-electron chi connectivity index (χ2n) is 4.08. The van der Waals surface area contributed by atoms with Gasteiger partial charge in [0.2, 0.25) is 0 Å². The molecular formula is C12H15NO3. The summed E-state index contributed by atoms with van der Waals surface area (Å²) in [6.45, 7) is 2.01. The molecule has 1 aliphatic rings. The molecule has 4 nitrogen and oxygen atoms in total. The number of hydrogen-bond acceptors (Lipinski definition) is 3. The molecule has 1 aromatic carbocycles. The Morgan fingerprint density at radius 3 is 2.94 bits per heavy atom. The topological polar surface area (TPSA) is 58.6 Å². The number of hydrogen-bond donors (Lipinski definition) is 2. The molecule has 1 unspecified atom stereocenters. The van der Waals surface area contributed by atoms with E-state index in [0.29, 0.717) is 6.42 Å². The molecule has 0 aliphatic carbocycles. The van der Waals surface area contributed by atoms with Gasteiger partial charge in [0.15, 0.2) is 0 Å². The molecule has 0 fully saturated rings. The zero-order valence-corrected chi connectivity index (χ0v) is 9.41. The summed E-state index contributed by atoms with van der Waals surface area (Å²) in [5, 5.41) is 12.0. The number of carboxylic acid groups (broad SMARTS) is 1. The lowest BCUT2D eigenvalue weighted by Crippen LogP contribution is -2.33. The number of ether oxygens (including phenoxy) is 1. The van der Waals surface area contributed by atoms with Gasteiger partial charge in [0.05, 0.1) is 12.8 Å². The van der Waals surface area contributed by atoms with Gasteiger partial charge >= 0.3 is 5.97 Å². The minimum absolute atomic E-state index is 0.510. The predicted molar refractivity (Wildman–Crippen MR) is 61.1 cm³/mol. The quantitative estimate of drug-likeness (QED) is 0.799. The van der Waals surface area contributed by atoms with Gasteiger partial charge in [0, 0.05) is 0 Å².